The molecule has 3 N–H and O–H groups in total. The van der Waals surface area contributed by atoms with Crippen LogP contribution in [0.3, 0.4) is 0 Å². The van der Waals surface area contributed by atoms with Crippen LogP contribution in [0, 0.1) is 23.7 Å². The van der Waals surface area contributed by atoms with E-state index in [0.29, 0.717) is 49.9 Å². The third kappa shape index (κ3) is 3.80. The fraction of sp³-hybridized carbons (Fsp3) is 0.875. The Morgan fingerprint density at radius 3 is 2.47 bits per heavy atom. The summed E-state index contributed by atoms with van der Waals surface area (Å²) in [7, 11) is 0. The van der Waals surface area contributed by atoms with E-state index < -0.39 is 5.60 Å². The lowest BCUT2D eigenvalue weighted by molar-refractivity contribution is -0.144. The smallest absolute Gasteiger partial charge is 0.254 e. The number of carbonyl (C=O) groups is 1. The molecule has 6 unspecified atom stereocenters. The summed E-state index contributed by atoms with van der Waals surface area (Å²) in [5.41, 5.74) is 0.258. The number of nitrogens with zero attached hydrogens (tertiary/aromatic N) is 2. The average molecular weight is 417 g/mol. The second-order valence-corrected chi connectivity index (χ2v) is 10.8. The minimum Gasteiger partial charge on any atom is -0.380 e. The van der Waals surface area contributed by atoms with Crippen molar-refractivity contribution in [3.05, 3.63) is 12.3 Å². The molecular formula is C24H40N4O2. The molecule has 0 aromatic carbocycles. The van der Waals surface area contributed by atoms with Crippen LogP contribution in [0.5, 0.6) is 0 Å². The molecule has 6 heteroatoms. The highest BCUT2D eigenvalue weighted by molar-refractivity contribution is 5.87. The second-order valence-electron chi connectivity index (χ2n) is 10.8. The zero-order valence-electron chi connectivity index (χ0n) is 18.6. The van der Waals surface area contributed by atoms with Gasteiger partial charge in [0.25, 0.3) is 5.91 Å². The molecule has 0 bridgehead atoms. The van der Waals surface area contributed by atoms with E-state index in [1.54, 1.807) is 0 Å². The maximum absolute atomic E-state index is 12.4. The fourth-order valence-corrected chi connectivity index (χ4v) is 6.97. The van der Waals surface area contributed by atoms with Crippen LogP contribution in [-0.4, -0.2) is 71.3 Å². The van der Waals surface area contributed by atoms with Gasteiger partial charge < -0.3 is 20.2 Å². The van der Waals surface area contributed by atoms with Crippen molar-refractivity contribution >= 4 is 5.91 Å². The van der Waals surface area contributed by atoms with Gasteiger partial charge in [-0.2, -0.15) is 0 Å². The first kappa shape index (κ1) is 20.8. The van der Waals surface area contributed by atoms with Crippen molar-refractivity contribution < 1.29 is 9.90 Å². The SMILES string of the molecule is C=C(C1CCC(C2CCCC3NCNC32)CC1C)N1CCN(C(=O)C2(O)CC2)CC1. The molecule has 2 saturated heterocycles. The van der Waals surface area contributed by atoms with Crippen LogP contribution in [-0.2, 0) is 4.79 Å². The Hall–Kier alpha value is -1.11. The van der Waals surface area contributed by atoms with Crippen LogP contribution in [0.4, 0.5) is 0 Å². The van der Waals surface area contributed by atoms with E-state index >= 15 is 0 Å². The molecule has 1 amide bonds. The average Bonchev–Trinajstić information content (AvgIpc) is 3.33. The molecule has 2 aliphatic heterocycles. The summed E-state index contributed by atoms with van der Waals surface area (Å²) in [5, 5.41) is 17.5. The molecule has 0 radical (unpaired) electrons. The molecule has 5 fully saturated rings. The van der Waals surface area contributed by atoms with Crippen molar-refractivity contribution in [3.63, 3.8) is 0 Å². The van der Waals surface area contributed by atoms with Crippen LogP contribution < -0.4 is 10.6 Å². The van der Waals surface area contributed by atoms with Crippen LogP contribution in [0.15, 0.2) is 12.3 Å². The van der Waals surface area contributed by atoms with Crippen LogP contribution in [0.25, 0.3) is 0 Å². The molecule has 3 aliphatic carbocycles. The van der Waals surface area contributed by atoms with Crippen molar-refractivity contribution in [2.24, 2.45) is 23.7 Å². The predicted molar refractivity (Wildman–Crippen MR) is 118 cm³/mol. The van der Waals surface area contributed by atoms with E-state index in [4.69, 9.17) is 0 Å². The van der Waals surface area contributed by atoms with Gasteiger partial charge in [0, 0.05) is 56.5 Å². The Balaban J connectivity index is 1.14. The number of amides is 1. The molecule has 5 aliphatic rings. The molecule has 168 valence electrons. The first-order chi connectivity index (χ1) is 14.5. The van der Waals surface area contributed by atoms with Gasteiger partial charge in [0.1, 0.15) is 5.60 Å². The zero-order chi connectivity index (χ0) is 20.9. The standard InChI is InChI=1S/C24H40N4O2/c1-16-14-18(20-4-3-5-21-22(20)26-15-25-21)6-7-19(16)17(2)27-10-12-28(13-11-27)23(29)24(30)8-9-24/h16,18-22,25-26,30H,2-15H2,1H3. The zero-order valence-corrected chi connectivity index (χ0v) is 18.6. The van der Waals surface area contributed by atoms with E-state index in [9.17, 15) is 9.90 Å². The number of hydrogen-bond acceptors (Lipinski definition) is 5. The van der Waals surface area contributed by atoms with Crippen LogP contribution in [0.1, 0.15) is 58.3 Å². The van der Waals surface area contributed by atoms with Gasteiger partial charge in [-0.25, -0.2) is 0 Å². The number of rotatable bonds is 4. The second kappa shape index (κ2) is 8.10. The number of hydrogen-bond donors (Lipinski definition) is 3. The highest BCUT2D eigenvalue weighted by Gasteiger charge is 2.50. The largest absolute Gasteiger partial charge is 0.380 e. The van der Waals surface area contributed by atoms with Gasteiger partial charge in [0.2, 0.25) is 0 Å². The molecular weight excluding hydrogens is 376 g/mol. The van der Waals surface area contributed by atoms with E-state index in [-0.39, 0.29) is 5.91 Å². The predicted octanol–water partition coefficient (Wildman–Crippen LogP) is 1.91. The van der Waals surface area contributed by atoms with Crippen LogP contribution >= 0.6 is 0 Å². The van der Waals surface area contributed by atoms with Crippen molar-refractivity contribution in [3.8, 4) is 0 Å². The minimum atomic E-state index is -1.03. The minimum absolute atomic E-state index is 0.0533. The molecule has 0 aromatic heterocycles. The molecule has 30 heavy (non-hydrogen) atoms. The summed E-state index contributed by atoms with van der Waals surface area (Å²) in [6, 6.07) is 1.38. The summed E-state index contributed by atoms with van der Waals surface area (Å²) in [6.45, 7) is 11.1. The summed E-state index contributed by atoms with van der Waals surface area (Å²) < 4.78 is 0. The van der Waals surface area contributed by atoms with Crippen molar-refractivity contribution in [2.45, 2.75) is 76.0 Å². The van der Waals surface area contributed by atoms with Gasteiger partial charge in [0.15, 0.2) is 0 Å². The van der Waals surface area contributed by atoms with Crippen molar-refractivity contribution in [2.75, 3.05) is 32.8 Å². The van der Waals surface area contributed by atoms with Crippen molar-refractivity contribution in [1.82, 2.24) is 20.4 Å². The molecule has 0 aromatic rings. The molecule has 6 atom stereocenters. The normalized spacial score (nSPS) is 40.7. The highest BCUT2D eigenvalue weighted by atomic mass is 16.3. The van der Waals surface area contributed by atoms with E-state index in [1.807, 2.05) is 4.90 Å². The quantitative estimate of drug-likeness (QED) is 0.653. The third-order valence-electron chi connectivity index (χ3n) is 8.99. The third-order valence-corrected chi connectivity index (χ3v) is 8.99. The summed E-state index contributed by atoms with van der Waals surface area (Å²) >= 11 is 0. The number of carbonyl (C=O) groups excluding carboxylic acids is 1. The topological polar surface area (TPSA) is 67.8 Å². The Morgan fingerprint density at radius 2 is 1.77 bits per heavy atom. The van der Waals surface area contributed by atoms with Crippen molar-refractivity contribution in [1.29, 1.82) is 0 Å². The lowest BCUT2D eigenvalue weighted by Crippen LogP contribution is -2.52. The van der Waals surface area contributed by atoms with Crippen LogP contribution in [0.2, 0.25) is 0 Å². The number of nitrogens with one attached hydrogen (secondary N) is 2. The van der Waals surface area contributed by atoms with Gasteiger partial charge in [-0.3, -0.25) is 10.1 Å². The number of allylic oxidation sites excluding steroid dienone is 1. The number of piperazine rings is 1. The summed E-state index contributed by atoms with van der Waals surface area (Å²) in [5.74, 6) is 2.88. The first-order valence-electron chi connectivity index (χ1n) is 12.4. The molecule has 0 spiro atoms. The Bertz CT molecular complexity index is 670. The maximum atomic E-state index is 12.4. The fourth-order valence-electron chi connectivity index (χ4n) is 6.97. The lowest BCUT2D eigenvalue weighted by atomic mass is 9.64. The van der Waals surface area contributed by atoms with Gasteiger partial charge in [-0.15, -0.1) is 0 Å². The molecule has 6 nitrogen and oxygen atoms in total. The Kier molecular flexibility index (Phi) is 5.61. The van der Waals surface area contributed by atoms with Gasteiger partial charge >= 0.3 is 0 Å². The van der Waals surface area contributed by atoms with Gasteiger partial charge in [-0.1, -0.05) is 19.9 Å². The lowest BCUT2D eigenvalue weighted by Gasteiger charge is -2.46. The maximum Gasteiger partial charge on any atom is 0.254 e. The first-order valence-corrected chi connectivity index (χ1v) is 12.4. The molecule has 3 saturated carbocycles. The number of fused-ring (bicyclic) bond motifs is 1. The Morgan fingerprint density at radius 1 is 1.03 bits per heavy atom. The Labute approximate surface area is 181 Å². The summed E-state index contributed by atoms with van der Waals surface area (Å²) in [6.07, 6.45) is 9.27. The summed E-state index contributed by atoms with van der Waals surface area (Å²) in [4.78, 5) is 16.7. The highest BCUT2D eigenvalue weighted by Crippen LogP contribution is 2.45. The van der Waals surface area contributed by atoms with Gasteiger partial charge in [-0.05, 0) is 62.7 Å². The van der Waals surface area contributed by atoms with E-state index in [1.165, 1.54) is 44.2 Å². The molecule has 5 rings (SSSR count). The van der Waals surface area contributed by atoms with Gasteiger partial charge in [0.05, 0.1) is 0 Å². The number of aliphatic hydroxyl groups is 1. The molecule has 2 heterocycles. The monoisotopic (exact) mass is 416 g/mol. The van der Waals surface area contributed by atoms with E-state index in [2.05, 4.69) is 29.0 Å². The van der Waals surface area contributed by atoms with E-state index in [0.717, 1.165) is 31.6 Å².